The van der Waals surface area contributed by atoms with Crippen molar-refractivity contribution in [2.45, 2.75) is 25.8 Å². The molecule has 21 heavy (non-hydrogen) atoms. The predicted molar refractivity (Wildman–Crippen MR) is 84.7 cm³/mol. The highest BCUT2D eigenvalue weighted by Gasteiger charge is 2.28. The third-order valence-electron chi connectivity index (χ3n) is 4.04. The second kappa shape index (κ2) is 6.54. The first-order valence-electron chi connectivity index (χ1n) is 7.12. The summed E-state index contributed by atoms with van der Waals surface area (Å²) in [7, 11) is 1.51. The molecule has 0 aromatic heterocycles. The minimum atomic E-state index is -0.0842. The lowest BCUT2D eigenvalue weighted by Gasteiger charge is -2.35. The maximum absolute atomic E-state index is 12.7. The van der Waals surface area contributed by atoms with Crippen LogP contribution in [0.5, 0.6) is 5.75 Å². The van der Waals surface area contributed by atoms with Crippen LogP contribution < -0.4 is 16.2 Å². The number of anilines is 1. The summed E-state index contributed by atoms with van der Waals surface area (Å²) in [6.45, 7) is 3.38. The number of nitrogen functional groups attached to an aromatic ring is 1. The number of ether oxygens (including phenoxy) is 1. The zero-order valence-corrected chi connectivity index (χ0v) is 13.2. The Labute approximate surface area is 130 Å². The van der Waals surface area contributed by atoms with E-state index in [0.29, 0.717) is 34.5 Å². The summed E-state index contributed by atoms with van der Waals surface area (Å²) < 4.78 is 5.26. The molecular formula is C15H22ClN3O2. The average molecular weight is 312 g/mol. The van der Waals surface area contributed by atoms with Crippen LogP contribution in [0, 0.1) is 5.92 Å². The fourth-order valence-electron chi connectivity index (χ4n) is 2.70. The summed E-state index contributed by atoms with van der Waals surface area (Å²) in [5, 5.41) is 0.361. The fraction of sp³-hybridized carbons (Fsp3) is 0.533. The van der Waals surface area contributed by atoms with Gasteiger partial charge in [0.2, 0.25) is 0 Å². The molecule has 1 aliphatic heterocycles. The van der Waals surface area contributed by atoms with Gasteiger partial charge in [-0.1, -0.05) is 11.6 Å². The molecule has 1 aromatic carbocycles. The number of benzene rings is 1. The Morgan fingerprint density at radius 2 is 2.24 bits per heavy atom. The number of nitrogens with two attached hydrogens (primary N) is 2. The summed E-state index contributed by atoms with van der Waals surface area (Å²) in [6.07, 6.45) is 2.02. The Morgan fingerprint density at radius 1 is 1.52 bits per heavy atom. The minimum Gasteiger partial charge on any atom is -0.496 e. The quantitative estimate of drug-likeness (QED) is 0.838. The van der Waals surface area contributed by atoms with E-state index in [1.54, 1.807) is 12.1 Å². The molecule has 1 aromatic rings. The lowest BCUT2D eigenvalue weighted by Crippen LogP contribution is -2.45. The van der Waals surface area contributed by atoms with Crippen LogP contribution in [0.4, 0.5) is 5.69 Å². The summed E-state index contributed by atoms with van der Waals surface area (Å²) >= 11 is 6.03. The number of carbonyl (C=O) groups excluding carboxylic acids is 1. The molecule has 2 unspecified atom stereocenters. The van der Waals surface area contributed by atoms with Crippen molar-refractivity contribution in [1.82, 2.24) is 4.90 Å². The molecule has 5 nitrogen and oxygen atoms in total. The molecule has 1 fully saturated rings. The predicted octanol–water partition coefficient (Wildman–Crippen LogP) is 2.13. The number of carbonyl (C=O) groups is 1. The molecule has 6 heteroatoms. The Hall–Kier alpha value is -1.46. The highest BCUT2D eigenvalue weighted by Crippen LogP contribution is 2.31. The van der Waals surface area contributed by atoms with Crippen LogP contribution in [0.3, 0.4) is 0 Å². The van der Waals surface area contributed by atoms with Crippen molar-refractivity contribution in [2.24, 2.45) is 11.7 Å². The van der Waals surface area contributed by atoms with Gasteiger partial charge in [0, 0.05) is 25.2 Å². The number of hydrogen-bond donors (Lipinski definition) is 2. The van der Waals surface area contributed by atoms with Gasteiger partial charge in [-0.15, -0.1) is 0 Å². The molecule has 4 N–H and O–H groups in total. The molecule has 1 amide bonds. The Kier molecular flexibility index (Phi) is 4.96. The zero-order chi connectivity index (χ0) is 15.6. The summed E-state index contributed by atoms with van der Waals surface area (Å²) in [4.78, 5) is 14.5. The van der Waals surface area contributed by atoms with Gasteiger partial charge in [0.25, 0.3) is 5.91 Å². The molecule has 2 atom stereocenters. The van der Waals surface area contributed by atoms with Crippen molar-refractivity contribution < 1.29 is 9.53 Å². The molecule has 0 bridgehead atoms. The van der Waals surface area contributed by atoms with Gasteiger partial charge in [0.05, 0.1) is 23.4 Å². The van der Waals surface area contributed by atoms with E-state index in [1.807, 2.05) is 11.8 Å². The van der Waals surface area contributed by atoms with E-state index in [4.69, 9.17) is 27.8 Å². The number of nitrogens with zero attached hydrogens (tertiary/aromatic N) is 1. The maximum Gasteiger partial charge on any atom is 0.257 e. The molecule has 0 radical (unpaired) electrons. The molecule has 1 saturated heterocycles. The second-order valence-electron chi connectivity index (χ2n) is 5.59. The molecule has 2 rings (SSSR count). The minimum absolute atomic E-state index is 0.0810. The fourth-order valence-corrected chi connectivity index (χ4v) is 2.86. The molecule has 0 aliphatic carbocycles. The van der Waals surface area contributed by atoms with Crippen LogP contribution in [0.25, 0.3) is 0 Å². The number of rotatable bonds is 3. The number of methoxy groups -OCH3 is 1. The van der Waals surface area contributed by atoms with E-state index < -0.39 is 0 Å². The van der Waals surface area contributed by atoms with Crippen LogP contribution in [0.2, 0.25) is 5.02 Å². The molecule has 0 spiro atoms. The summed E-state index contributed by atoms with van der Waals surface area (Å²) in [5.41, 5.74) is 12.6. The lowest BCUT2D eigenvalue weighted by molar-refractivity contribution is 0.0657. The average Bonchev–Trinajstić information content (AvgIpc) is 2.48. The number of amides is 1. The van der Waals surface area contributed by atoms with Gasteiger partial charge in [-0.2, -0.15) is 0 Å². The van der Waals surface area contributed by atoms with Gasteiger partial charge in [0.15, 0.2) is 0 Å². The Bertz CT molecular complexity index is 534. The Morgan fingerprint density at radius 3 is 2.86 bits per heavy atom. The Balaban J connectivity index is 2.25. The van der Waals surface area contributed by atoms with Crippen LogP contribution in [-0.4, -0.2) is 37.0 Å². The highest BCUT2D eigenvalue weighted by molar-refractivity contribution is 6.33. The zero-order valence-electron chi connectivity index (χ0n) is 12.4. The van der Waals surface area contributed by atoms with Crippen molar-refractivity contribution in [3.63, 3.8) is 0 Å². The van der Waals surface area contributed by atoms with Gasteiger partial charge in [-0.05, 0) is 31.7 Å². The van der Waals surface area contributed by atoms with Crippen molar-refractivity contribution >= 4 is 23.2 Å². The van der Waals surface area contributed by atoms with Crippen LogP contribution in [-0.2, 0) is 0 Å². The van der Waals surface area contributed by atoms with Crippen molar-refractivity contribution in [3.8, 4) is 5.75 Å². The van der Waals surface area contributed by atoms with Gasteiger partial charge >= 0.3 is 0 Å². The van der Waals surface area contributed by atoms with E-state index >= 15 is 0 Å². The number of halogens is 1. The first kappa shape index (κ1) is 15.9. The normalized spacial score (nSPS) is 20.2. The summed E-state index contributed by atoms with van der Waals surface area (Å²) in [5.74, 6) is 0.696. The van der Waals surface area contributed by atoms with Crippen LogP contribution in [0.1, 0.15) is 30.1 Å². The van der Waals surface area contributed by atoms with Crippen molar-refractivity contribution in [3.05, 3.63) is 22.7 Å². The lowest BCUT2D eigenvalue weighted by atomic mass is 9.92. The van der Waals surface area contributed by atoms with Crippen molar-refractivity contribution in [1.29, 1.82) is 0 Å². The van der Waals surface area contributed by atoms with E-state index in [9.17, 15) is 4.79 Å². The van der Waals surface area contributed by atoms with E-state index in [1.165, 1.54) is 7.11 Å². The molecule has 116 valence electrons. The largest absolute Gasteiger partial charge is 0.496 e. The topological polar surface area (TPSA) is 81.6 Å². The maximum atomic E-state index is 12.7. The van der Waals surface area contributed by atoms with Gasteiger partial charge in [0.1, 0.15) is 5.75 Å². The monoisotopic (exact) mass is 311 g/mol. The highest BCUT2D eigenvalue weighted by atomic mass is 35.5. The van der Waals surface area contributed by atoms with Gasteiger partial charge in [-0.3, -0.25) is 4.79 Å². The second-order valence-corrected chi connectivity index (χ2v) is 5.99. The molecule has 0 saturated carbocycles. The van der Waals surface area contributed by atoms with Crippen LogP contribution in [0.15, 0.2) is 12.1 Å². The van der Waals surface area contributed by atoms with Gasteiger partial charge in [-0.25, -0.2) is 0 Å². The standard InChI is InChI=1S/C15H22ClN3O2/c1-9(17)10-4-3-5-19(8-10)15(20)11-6-12(16)13(18)7-14(11)21-2/h6-7,9-10H,3-5,8,17-18H2,1-2H3. The van der Waals surface area contributed by atoms with Crippen LogP contribution >= 0.6 is 11.6 Å². The third-order valence-corrected chi connectivity index (χ3v) is 4.37. The molecule has 1 heterocycles. The first-order chi connectivity index (χ1) is 9.93. The van der Waals surface area contributed by atoms with E-state index in [-0.39, 0.29) is 11.9 Å². The van der Waals surface area contributed by atoms with Gasteiger partial charge < -0.3 is 21.1 Å². The number of likely N-dealkylation sites (tertiary alicyclic amines) is 1. The smallest absolute Gasteiger partial charge is 0.257 e. The third kappa shape index (κ3) is 3.41. The number of hydrogen-bond acceptors (Lipinski definition) is 4. The summed E-state index contributed by atoms with van der Waals surface area (Å²) in [6, 6.07) is 3.24. The first-order valence-corrected chi connectivity index (χ1v) is 7.49. The van der Waals surface area contributed by atoms with E-state index in [0.717, 1.165) is 19.4 Å². The van der Waals surface area contributed by atoms with E-state index in [2.05, 4.69) is 0 Å². The number of piperidine rings is 1. The molecular weight excluding hydrogens is 290 g/mol. The SMILES string of the molecule is COc1cc(N)c(Cl)cc1C(=O)N1CCCC(C(C)N)C1. The molecule has 1 aliphatic rings. The van der Waals surface area contributed by atoms with Crippen molar-refractivity contribution in [2.75, 3.05) is 25.9 Å².